The Hall–Kier alpha value is -2.17. The summed E-state index contributed by atoms with van der Waals surface area (Å²) in [6.45, 7) is 4.52. The van der Waals surface area contributed by atoms with Crippen LogP contribution in [-0.4, -0.2) is 38.9 Å². The molecule has 2 heterocycles. The van der Waals surface area contributed by atoms with E-state index in [1.165, 1.54) is 0 Å². The Bertz CT molecular complexity index is 600. The summed E-state index contributed by atoms with van der Waals surface area (Å²) < 4.78 is 1.72. The number of amides is 1. The van der Waals surface area contributed by atoms with Gasteiger partial charge in [-0.1, -0.05) is 42.5 Å². The van der Waals surface area contributed by atoms with Crippen molar-refractivity contribution in [3.05, 3.63) is 47.8 Å². The van der Waals surface area contributed by atoms with Crippen molar-refractivity contribution >= 4 is 5.91 Å². The van der Waals surface area contributed by atoms with Gasteiger partial charge in [-0.3, -0.25) is 4.79 Å². The summed E-state index contributed by atoms with van der Waals surface area (Å²) in [5.41, 5.74) is 1.59. The molecule has 1 aliphatic heterocycles. The molecule has 1 aromatic heterocycles. The van der Waals surface area contributed by atoms with Gasteiger partial charge in [0.2, 0.25) is 0 Å². The summed E-state index contributed by atoms with van der Waals surface area (Å²) in [5, 5.41) is 8.09. The molecule has 1 fully saturated rings. The lowest BCUT2D eigenvalue weighted by atomic mass is 9.99. The molecule has 0 spiro atoms. The van der Waals surface area contributed by atoms with Gasteiger partial charge in [-0.2, -0.15) is 0 Å². The maximum absolute atomic E-state index is 12.4. The molecule has 0 atom stereocenters. The fraction of sp³-hybridized carbons (Fsp3) is 0.438. The molecule has 1 saturated heterocycles. The number of hydrogen-bond donors (Lipinski definition) is 0. The van der Waals surface area contributed by atoms with Gasteiger partial charge in [-0.05, 0) is 24.3 Å². The summed E-state index contributed by atoms with van der Waals surface area (Å²) in [6.07, 6.45) is 3.89. The number of likely N-dealkylation sites (tertiary alicyclic amines) is 1. The number of hydrogen-bond acceptors (Lipinski definition) is 3. The van der Waals surface area contributed by atoms with Crippen molar-refractivity contribution < 1.29 is 4.79 Å². The molecule has 3 rings (SSSR count). The molecule has 1 amide bonds. The van der Waals surface area contributed by atoms with Gasteiger partial charge >= 0.3 is 0 Å². The second-order valence-electron chi connectivity index (χ2n) is 5.76. The van der Waals surface area contributed by atoms with E-state index in [-0.39, 0.29) is 5.91 Å². The maximum Gasteiger partial charge on any atom is 0.276 e. The number of carbonyl (C=O) groups excluding carboxylic acids is 1. The van der Waals surface area contributed by atoms with Crippen molar-refractivity contribution in [2.24, 2.45) is 5.92 Å². The Morgan fingerprint density at radius 1 is 1.24 bits per heavy atom. The van der Waals surface area contributed by atoms with Crippen LogP contribution >= 0.6 is 0 Å². The van der Waals surface area contributed by atoms with Crippen LogP contribution in [0.2, 0.25) is 0 Å². The fourth-order valence-corrected chi connectivity index (χ4v) is 2.62. The highest BCUT2D eigenvalue weighted by Crippen LogP contribution is 2.17. The third kappa shape index (κ3) is 3.29. The van der Waals surface area contributed by atoms with Crippen molar-refractivity contribution in [2.45, 2.75) is 26.3 Å². The van der Waals surface area contributed by atoms with E-state index in [9.17, 15) is 4.79 Å². The van der Waals surface area contributed by atoms with Gasteiger partial charge in [-0.15, -0.1) is 5.10 Å². The molecule has 0 unspecified atom stereocenters. The zero-order valence-corrected chi connectivity index (χ0v) is 12.3. The van der Waals surface area contributed by atoms with E-state index in [4.69, 9.17) is 0 Å². The minimum Gasteiger partial charge on any atom is -0.337 e. The predicted octanol–water partition coefficient (Wildman–Crippen LogP) is 2.20. The topological polar surface area (TPSA) is 51.0 Å². The third-order valence-electron chi connectivity index (χ3n) is 4.02. The third-order valence-corrected chi connectivity index (χ3v) is 4.02. The minimum absolute atomic E-state index is 0.00112. The van der Waals surface area contributed by atoms with Crippen LogP contribution in [0, 0.1) is 5.92 Å². The van der Waals surface area contributed by atoms with Gasteiger partial charge in [0.05, 0.1) is 12.7 Å². The zero-order chi connectivity index (χ0) is 14.7. The number of carbonyl (C=O) groups is 1. The van der Waals surface area contributed by atoms with Crippen LogP contribution < -0.4 is 0 Å². The average molecular weight is 284 g/mol. The maximum atomic E-state index is 12.4. The molecule has 0 bridgehead atoms. The summed E-state index contributed by atoms with van der Waals surface area (Å²) in [4.78, 5) is 14.3. The quantitative estimate of drug-likeness (QED) is 0.868. The lowest BCUT2D eigenvalue weighted by molar-refractivity contribution is 0.0691. The molecule has 21 heavy (non-hydrogen) atoms. The van der Waals surface area contributed by atoms with Gasteiger partial charge in [0.15, 0.2) is 5.69 Å². The van der Waals surface area contributed by atoms with Crippen LogP contribution in [0.3, 0.4) is 0 Å². The Morgan fingerprint density at radius 2 is 1.95 bits per heavy atom. The van der Waals surface area contributed by atoms with Gasteiger partial charge < -0.3 is 4.90 Å². The largest absolute Gasteiger partial charge is 0.337 e. The second kappa shape index (κ2) is 6.08. The molecule has 5 heteroatoms. The number of piperidine rings is 1. The van der Waals surface area contributed by atoms with Crippen LogP contribution in [0.5, 0.6) is 0 Å². The fourth-order valence-electron chi connectivity index (χ4n) is 2.62. The predicted molar refractivity (Wildman–Crippen MR) is 79.9 cm³/mol. The van der Waals surface area contributed by atoms with E-state index in [1.54, 1.807) is 10.9 Å². The van der Waals surface area contributed by atoms with E-state index in [0.29, 0.717) is 18.2 Å². The molecular weight excluding hydrogens is 264 g/mol. The molecule has 1 aliphatic rings. The molecule has 0 N–H and O–H groups in total. The number of rotatable bonds is 3. The van der Waals surface area contributed by atoms with Crippen LogP contribution in [0.15, 0.2) is 36.5 Å². The monoisotopic (exact) mass is 284 g/mol. The molecule has 0 saturated carbocycles. The minimum atomic E-state index is 0.00112. The van der Waals surface area contributed by atoms with Crippen molar-refractivity contribution in [1.29, 1.82) is 0 Å². The van der Waals surface area contributed by atoms with Crippen molar-refractivity contribution in [3.8, 4) is 0 Å². The first-order valence-corrected chi connectivity index (χ1v) is 7.45. The van der Waals surface area contributed by atoms with Gasteiger partial charge in [-0.25, -0.2) is 4.68 Å². The molecule has 110 valence electrons. The van der Waals surface area contributed by atoms with E-state index in [1.807, 2.05) is 35.2 Å². The standard InChI is InChI=1S/C16H20N4O/c1-13-7-9-19(10-8-13)16(21)15-12-20(18-17-15)11-14-5-3-2-4-6-14/h2-6,12-13H,7-11H2,1H3. The SMILES string of the molecule is CC1CCN(C(=O)c2cn(Cc3ccccc3)nn2)CC1. The Kier molecular flexibility index (Phi) is 3.99. The lowest BCUT2D eigenvalue weighted by Gasteiger charge is -2.29. The molecule has 0 aliphatic carbocycles. The van der Waals surface area contributed by atoms with Crippen LogP contribution in [0.4, 0.5) is 0 Å². The summed E-state index contributed by atoms with van der Waals surface area (Å²) >= 11 is 0. The highest BCUT2D eigenvalue weighted by molar-refractivity contribution is 5.91. The van der Waals surface area contributed by atoms with Crippen LogP contribution in [0.25, 0.3) is 0 Å². The van der Waals surface area contributed by atoms with Crippen LogP contribution in [-0.2, 0) is 6.54 Å². The van der Waals surface area contributed by atoms with E-state index in [0.717, 1.165) is 31.5 Å². The molecular formula is C16H20N4O. The summed E-state index contributed by atoms with van der Waals surface area (Å²) in [5.74, 6) is 0.712. The van der Waals surface area contributed by atoms with Crippen molar-refractivity contribution in [1.82, 2.24) is 19.9 Å². The number of nitrogens with zero attached hydrogens (tertiary/aromatic N) is 4. The highest BCUT2D eigenvalue weighted by Gasteiger charge is 2.23. The van der Waals surface area contributed by atoms with E-state index in [2.05, 4.69) is 17.2 Å². The van der Waals surface area contributed by atoms with Crippen molar-refractivity contribution in [3.63, 3.8) is 0 Å². The van der Waals surface area contributed by atoms with Gasteiger partial charge in [0.25, 0.3) is 5.91 Å². The average Bonchev–Trinajstić information content (AvgIpc) is 2.97. The first-order valence-electron chi connectivity index (χ1n) is 7.45. The lowest BCUT2D eigenvalue weighted by Crippen LogP contribution is -2.38. The smallest absolute Gasteiger partial charge is 0.276 e. The van der Waals surface area contributed by atoms with Crippen LogP contribution in [0.1, 0.15) is 35.8 Å². The number of benzene rings is 1. The molecule has 5 nitrogen and oxygen atoms in total. The number of aromatic nitrogens is 3. The summed E-state index contributed by atoms with van der Waals surface area (Å²) in [6, 6.07) is 10.0. The van der Waals surface area contributed by atoms with E-state index < -0.39 is 0 Å². The van der Waals surface area contributed by atoms with E-state index >= 15 is 0 Å². The van der Waals surface area contributed by atoms with Gasteiger partial charge in [0.1, 0.15) is 0 Å². The highest BCUT2D eigenvalue weighted by atomic mass is 16.2. The first kappa shape index (κ1) is 13.8. The second-order valence-corrected chi connectivity index (χ2v) is 5.76. The molecule has 0 radical (unpaired) electrons. The normalized spacial score (nSPS) is 16.1. The zero-order valence-electron chi connectivity index (χ0n) is 12.3. The van der Waals surface area contributed by atoms with Gasteiger partial charge in [0, 0.05) is 13.1 Å². The molecule has 2 aromatic rings. The Balaban J connectivity index is 1.66. The summed E-state index contributed by atoms with van der Waals surface area (Å²) in [7, 11) is 0. The first-order chi connectivity index (χ1) is 10.2. The Morgan fingerprint density at radius 3 is 2.67 bits per heavy atom. The Labute approximate surface area is 124 Å². The molecule has 1 aromatic carbocycles. The van der Waals surface area contributed by atoms with Crippen molar-refractivity contribution in [2.75, 3.05) is 13.1 Å².